The van der Waals surface area contributed by atoms with E-state index in [9.17, 15) is 23.5 Å². The fraction of sp³-hybridized carbons (Fsp3) is 0.0417. The van der Waals surface area contributed by atoms with E-state index >= 15 is 0 Å². The topological polar surface area (TPSA) is 121 Å². The first-order valence-electron chi connectivity index (χ1n) is 9.99. The van der Waals surface area contributed by atoms with Crippen molar-refractivity contribution in [1.82, 2.24) is 9.55 Å². The van der Waals surface area contributed by atoms with Crippen LogP contribution < -0.4 is 5.56 Å². The molecule has 170 valence electrons. The largest absolute Gasteiger partial charge is 0.477 e. The second-order valence-electron chi connectivity index (χ2n) is 7.54. The molecule has 0 amide bonds. The Morgan fingerprint density at radius 1 is 1.18 bits per heavy atom. The normalized spacial score (nSPS) is 11.7. The van der Waals surface area contributed by atoms with Crippen LogP contribution in [0.3, 0.4) is 0 Å². The van der Waals surface area contributed by atoms with Crippen molar-refractivity contribution in [1.29, 1.82) is 0 Å². The summed E-state index contributed by atoms with van der Waals surface area (Å²) in [6.07, 6.45) is 3.76. The third kappa shape index (κ3) is 3.24. The Bertz CT molecular complexity index is 1680. The third-order valence-corrected chi connectivity index (χ3v) is 5.61. The van der Waals surface area contributed by atoms with Crippen LogP contribution in [0.5, 0.6) is 0 Å². The van der Waals surface area contributed by atoms with Crippen molar-refractivity contribution in [3.8, 4) is 11.1 Å². The molecule has 2 aromatic carbocycles. The number of halogens is 2. The number of benzene rings is 2. The summed E-state index contributed by atoms with van der Waals surface area (Å²) in [5.74, 6) is -2.71. The Labute approximate surface area is 189 Å². The smallest absolute Gasteiger partial charge is 0.353 e. The van der Waals surface area contributed by atoms with Gasteiger partial charge in [-0.2, -0.15) is 0 Å². The van der Waals surface area contributed by atoms with Gasteiger partial charge in [-0.15, -0.1) is 0 Å². The molecule has 34 heavy (non-hydrogen) atoms. The number of aromatic carboxylic acids is 1. The lowest BCUT2D eigenvalue weighted by Gasteiger charge is -2.11. The molecule has 0 fully saturated rings. The van der Waals surface area contributed by atoms with E-state index in [4.69, 9.17) is 9.62 Å². The summed E-state index contributed by atoms with van der Waals surface area (Å²) in [7, 11) is 0. The maximum atomic E-state index is 14.9. The van der Waals surface area contributed by atoms with Gasteiger partial charge in [0.05, 0.1) is 40.9 Å². The Morgan fingerprint density at radius 3 is 2.74 bits per heavy atom. The van der Waals surface area contributed by atoms with Gasteiger partial charge in [-0.1, -0.05) is 11.2 Å². The summed E-state index contributed by atoms with van der Waals surface area (Å²) in [6, 6.07) is 9.42. The molecule has 0 aliphatic rings. The highest BCUT2D eigenvalue weighted by Gasteiger charge is 2.29. The lowest BCUT2D eigenvalue weighted by atomic mass is 10.0. The molecule has 0 spiro atoms. The highest BCUT2D eigenvalue weighted by atomic mass is 19.1. The molecule has 0 atom stereocenters. The molecular weight excluding hydrogens is 448 g/mol. The van der Waals surface area contributed by atoms with Gasteiger partial charge in [-0.25, -0.2) is 13.6 Å². The maximum absolute atomic E-state index is 14.9. The van der Waals surface area contributed by atoms with Crippen LogP contribution in [0, 0.1) is 11.6 Å². The van der Waals surface area contributed by atoms with Crippen molar-refractivity contribution in [2.75, 3.05) is 0 Å². The maximum Gasteiger partial charge on any atom is 0.353 e. The summed E-state index contributed by atoms with van der Waals surface area (Å²) >= 11 is 0. The molecule has 5 aromatic rings. The van der Waals surface area contributed by atoms with Crippen LogP contribution in [-0.4, -0.2) is 32.0 Å². The van der Waals surface area contributed by atoms with E-state index in [0.717, 1.165) is 18.3 Å². The van der Waals surface area contributed by atoms with E-state index in [2.05, 4.69) is 10.1 Å². The van der Waals surface area contributed by atoms with E-state index in [1.54, 1.807) is 0 Å². The minimum absolute atomic E-state index is 0.0257. The van der Waals surface area contributed by atoms with E-state index in [-0.39, 0.29) is 50.8 Å². The molecule has 0 radical (unpaired) electrons. The Hall–Kier alpha value is -4.73. The molecule has 0 aliphatic heterocycles. The molecule has 0 saturated carbocycles. The number of aromatic nitrogens is 2. The quantitative estimate of drug-likeness (QED) is 0.200. The summed E-state index contributed by atoms with van der Waals surface area (Å²) in [5, 5.41) is 22.2. The molecule has 0 bridgehead atoms. The molecule has 0 aliphatic carbocycles. The molecule has 3 N–H and O–H groups in total. The van der Waals surface area contributed by atoms with E-state index in [0.29, 0.717) is 5.56 Å². The van der Waals surface area contributed by atoms with Crippen LogP contribution >= 0.6 is 0 Å². The Balaban J connectivity index is 1.91. The fourth-order valence-electron chi connectivity index (χ4n) is 4.21. The number of carboxylic acid groups (broad SMARTS) is 1. The monoisotopic (exact) mass is 463 g/mol. The van der Waals surface area contributed by atoms with E-state index in [1.807, 2.05) is 0 Å². The van der Waals surface area contributed by atoms with Crippen LogP contribution in [-0.2, 0) is 6.54 Å². The van der Waals surface area contributed by atoms with E-state index < -0.39 is 23.2 Å². The van der Waals surface area contributed by atoms with Crippen molar-refractivity contribution in [3.05, 3.63) is 93.7 Å². The van der Waals surface area contributed by atoms with Gasteiger partial charge < -0.3 is 24.3 Å². The number of pyridine rings is 1. The molecule has 0 saturated heterocycles. The summed E-state index contributed by atoms with van der Waals surface area (Å²) in [6.45, 7) is -0.312. The number of hydrogen-bond donors (Lipinski definition) is 3. The third-order valence-electron chi connectivity index (χ3n) is 5.61. The zero-order chi connectivity index (χ0) is 24.0. The molecule has 8 nitrogen and oxygen atoms in total. The van der Waals surface area contributed by atoms with Gasteiger partial charge in [0.1, 0.15) is 22.9 Å². The Morgan fingerprint density at radius 2 is 2.00 bits per heavy atom. The molecule has 3 heterocycles. The summed E-state index contributed by atoms with van der Waals surface area (Å²) in [5.41, 5.74) is -0.229. The van der Waals surface area contributed by atoms with Crippen molar-refractivity contribution in [2.24, 2.45) is 5.16 Å². The number of H-pyrrole nitrogens is 1. The van der Waals surface area contributed by atoms with Crippen molar-refractivity contribution < 1.29 is 28.3 Å². The SMILES string of the molecule is O=C(O)c1c(-c2ccc[nH]c2=O)c2c3occc3c(F)cc2n1Cc1cc(/C=N/O)ccc1F. The van der Waals surface area contributed by atoms with Crippen molar-refractivity contribution in [2.45, 2.75) is 6.54 Å². The molecule has 0 unspecified atom stereocenters. The number of aromatic amines is 1. The first-order valence-corrected chi connectivity index (χ1v) is 9.99. The number of carbonyl (C=O) groups is 1. The van der Waals surface area contributed by atoms with Crippen LogP contribution in [0.25, 0.3) is 33.0 Å². The standard InChI is InChI=1S/C24H15F2N3O5/c25-16-4-3-12(10-28-33)8-13(16)11-29-18-9-17(26)14-5-7-34-22(14)20(18)19(21(29)24(31)32)15-2-1-6-27-23(15)30/h1-10,33H,11H2,(H,27,30)(H,31,32)/b28-10+. The number of nitrogens with one attached hydrogen (secondary N) is 1. The highest BCUT2D eigenvalue weighted by molar-refractivity contribution is 6.17. The minimum atomic E-state index is -1.40. The van der Waals surface area contributed by atoms with Crippen molar-refractivity contribution in [3.63, 3.8) is 0 Å². The van der Waals surface area contributed by atoms with Crippen LogP contribution in [0.15, 0.2) is 69.3 Å². The fourth-order valence-corrected chi connectivity index (χ4v) is 4.21. The van der Waals surface area contributed by atoms with Gasteiger partial charge in [0.25, 0.3) is 5.56 Å². The second-order valence-corrected chi connectivity index (χ2v) is 7.54. The lowest BCUT2D eigenvalue weighted by molar-refractivity contribution is 0.0687. The summed E-state index contributed by atoms with van der Waals surface area (Å²) in [4.78, 5) is 27.7. The number of nitrogens with zero attached hydrogens (tertiary/aromatic N) is 2. The number of oxime groups is 1. The summed E-state index contributed by atoms with van der Waals surface area (Å²) < 4.78 is 36.4. The number of fused-ring (bicyclic) bond motifs is 3. The number of hydrogen-bond acceptors (Lipinski definition) is 5. The van der Waals surface area contributed by atoms with Gasteiger partial charge in [-0.05, 0) is 42.0 Å². The number of rotatable bonds is 5. The first kappa shape index (κ1) is 21.1. The predicted molar refractivity (Wildman–Crippen MR) is 120 cm³/mol. The van der Waals surface area contributed by atoms with Gasteiger partial charge in [0.15, 0.2) is 0 Å². The van der Waals surface area contributed by atoms with Crippen LogP contribution in [0.1, 0.15) is 21.6 Å². The first-order chi connectivity index (χ1) is 16.4. The highest BCUT2D eigenvalue weighted by Crippen LogP contribution is 2.40. The zero-order valence-electron chi connectivity index (χ0n) is 17.3. The van der Waals surface area contributed by atoms with Crippen LogP contribution in [0.4, 0.5) is 8.78 Å². The van der Waals surface area contributed by atoms with Gasteiger partial charge >= 0.3 is 5.97 Å². The molecule has 10 heteroatoms. The van der Waals surface area contributed by atoms with Crippen LogP contribution in [0.2, 0.25) is 0 Å². The minimum Gasteiger partial charge on any atom is -0.477 e. The van der Waals surface area contributed by atoms with Gasteiger partial charge in [0, 0.05) is 17.3 Å². The zero-order valence-corrected chi connectivity index (χ0v) is 17.3. The average Bonchev–Trinajstić information content (AvgIpc) is 3.40. The number of carboxylic acids is 1. The van der Waals surface area contributed by atoms with Gasteiger partial charge in [0.2, 0.25) is 0 Å². The lowest BCUT2D eigenvalue weighted by Crippen LogP contribution is -2.14. The second kappa shape index (κ2) is 8.00. The van der Waals surface area contributed by atoms with Crippen molar-refractivity contribution >= 4 is 34.1 Å². The predicted octanol–water partition coefficient (Wildman–Crippen LogP) is 4.58. The Kier molecular flexibility index (Phi) is 4.97. The molecular formula is C24H15F2N3O5. The molecule has 3 aromatic heterocycles. The van der Waals surface area contributed by atoms with E-state index in [1.165, 1.54) is 47.4 Å². The van der Waals surface area contributed by atoms with Gasteiger partial charge in [-0.3, -0.25) is 4.79 Å². The average molecular weight is 463 g/mol. The molecule has 5 rings (SSSR count). The number of furan rings is 1.